The van der Waals surface area contributed by atoms with Crippen LogP contribution in [0.15, 0.2) is 30.3 Å². The summed E-state index contributed by atoms with van der Waals surface area (Å²) in [6, 6.07) is 10.1. The van der Waals surface area contributed by atoms with Crippen LogP contribution in [0.2, 0.25) is 0 Å². The van der Waals surface area contributed by atoms with E-state index >= 15 is 0 Å². The summed E-state index contributed by atoms with van der Waals surface area (Å²) < 4.78 is 17.4. The number of hydrogen-bond donors (Lipinski definition) is 0. The Morgan fingerprint density at radius 3 is 2.52 bits per heavy atom. The van der Waals surface area contributed by atoms with E-state index in [1.54, 1.807) is 0 Å². The molecular formula is C17H22O4. The molecule has 0 radical (unpaired) electrons. The van der Waals surface area contributed by atoms with E-state index in [0.717, 1.165) is 5.56 Å². The van der Waals surface area contributed by atoms with Crippen LogP contribution < -0.4 is 0 Å². The molecule has 6 atom stereocenters. The quantitative estimate of drug-likeness (QED) is 0.803. The van der Waals surface area contributed by atoms with Gasteiger partial charge in [0, 0.05) is 11.8 Å². The lowest BCUT2D eigenvalue weighted by Gasteiger charge is -2.48. The third kappa shape index (κ3) is 2.70. The first-order chi connectivity index (χ1) is 10.1. The van der Waals surface area contributed by atoms with E-state index in [1.165, 1.54) is 0 Å². The van der Waals surface area contributed by atoms with Crippen LogP contribution in [-0.2, 0) is 25.6 Å². The van der Waals surface area contributed by atoms with Gasteiger partial charge in [-0.3, -0.25) is 4.79 Å². The molecule has 2 aliphatic rings. The number of fused-ring (bicyclic) bond motifs is 2. The summed E-state index contributed by atoms with van der Waals surface area (Å²) in [6.07, 6.45) is -0.562. The number of benzene rings is 1. The molecule has 4 heteroatoms. The van der Waals surface area contributed by atoms with E-state index in [-0.39, 0.29) is 35.9 Å². The SMILES string of the molecule is C[C@@H]1[C@@H]2OC(=O)[C@@H](C)[C@@H](O2)[C@H](C)[C@@H]1OCc1ccccc1. The van der Waals surface area contributed by atoms with Crippen LogP contribution in [0.4, 0.5) is 0 Å². The van der Waals surface area contributed by atoms with Gasteiger partial charge in [0.15, 0.2) is 0 Å². The average molecular weight is 290 g/mol. The van der Waals surface area contributed by atoms with Crippen LogP contribution in [0.1, 0.15) is 26.3 Å². The number of esters is 1. The van der Waals surface area contributed by atoms with Crippen molar-refractivity contribution < 1.29 is 19.0 Å². The minimum Gasteiger partial charge on any atom is -0.435 e. The molecule has 1 aromatic rings. The van der Waals surface area contributed by atoms with Crippen molar-refractivity contribution >= 4 is 5.97 Å². The normalized spacial score (nSPS) is 38.9. The van der Waals surface area contributed by atoms with Gasteiger partial charge < -0.3 is 14.2 Å². The lowest BCUT2D eigenvalue weighted by atomic mass is 9.79. The Labute approximate surface area is 125 Å². The van der Waals surface area contributed by atoms with Crippen molar-refractivity contribution in [2.45, 2.75) is 45.9 Å². The van der Waals surface area contributed by atoms with Crippen LogP contribution in [0, 0.1) is 17.8 Å². The first-order valence-corrected chi connectivity index (χ1v) is 7.59. The smallest absolute Gasteiger partial charge is 0.313 e. The van der Waals surface area contributed by atoms with Gasteiger partial charge in [0.25, 0.3) is 0 Å². The zero-order valence-corrected chi connectivity index (χ0v) is 12.7. The summed E-state index contributed by atoms with van der Waals surface area (Å²) >= 11 is 0. The van der Waals surface area contributed by atoms with Crippen molar-refractivity contribution in [2.24, 2.45) is 17.8 Å². The molecule has 3 rings (SSSR count). The molecule has 2 heterocycles. The second-order valence-corrected chi connectivity index (χ2v) is 6.17. The Hall–Kier alpha value is -1.39. The minimum absolute atomic E-state index is 0.0320. The van der Waals surface area contributed by atoms with Gasteiger partial charge in [-0.15, -0.1) is 0 Å². The van der Waals surface area contributed by atoms with Crippen LogP contribution in [-0.4, -0.2) is 24.5 Å². The first kappa shape index (κ1) is 14.5. The molecule has 0 aliphatic carbocycles. The van der Waals surface area contributed by atoms with E-state index in [9.17, 15) is 4.79 Å². The van der Waals surface area contributed by atoms with Gasteiger partial charge in [-0.05, 0) is 12.5 Å². The Kier molecular flexibility index (Phi) is 4.00. The van der Waals surface area contributed by atoms with E-state index in [4.69, 9.17) is 14.2 Å². The van der Waals surface area contributed by atoms with E-state index in [1.807, 2.05) is 32.0 Å². The Balaban J connectivity index is 1.71. The second-order valence-electron chi connectivity index (χ2n) is 6.17. The highest BCUT2D eigenvalue weighted by Crippen LogP contribution is 2.40. The average Bonchev–Trinajstić information content (AvgIpc) is 2.49. The van der Waals surface area contributed by atoms with Gasteiger partial charge in [0.1, 0.15) is 0 Å². The van der Waals surface area contributed by atoms with Crippen molar-refractivity contribution in [3.05, 3.63) is 35.9 Å². The Bertz CT molecular complexity index is 501. The topological polar surface area (TPSA) is 44.8 Å². The number of ether oxygens (including phenoxy) is 3. The molecule has 0 aromatic heterocycles. The van der Waals surface area contributed by atoms with Crippen LogP contribution in [0.3, 0.4) is 0 Å². The third-order valence-electron chi connectivity index (χ3n) is 4.66. The highest BCUT2D eigenvalue weighted by atomic mass is 16.7. The van der Waals surface area contributed by atoms with E-state index < -0.39 is 6.29 Å². The first-order valence-electron chi connectivity index (χ1n) is 7.59. The van der Waals surface area contributed by atoms with Gasteiger partial charge in [-0.2, -0.15) is 0 Å². The molecule has 2 fully saturated rings. The summed E-state index contributed by atoms with van der Waals surface area (Å²) in [5.41, 5.74) is 1.15. The maximum absolute atomic E-state index is 11.8. The monoisotopic (exact) mass is 290 g/mol. The second kappa shape index (κ2) is 5.78. The fraction of sp³-hybridized carbons (Fsp3) is 0.588. The summed E-state index contributed by atoms with van der Waals surface area (Å²) in [6.45, 7) is 6.56. The van der Waals surface area contributed by atoms with Crippen LogP contribution in [0.5, 0.6) is 0 Å². The standard InChI is InChI=1S/C17H22O4/c1-10-14(19-9-13-7-5-4-6-8-13)12(3)17-20-15(10)11(2)16(18)21-17/h4-8,10-12,14-15,17H,9H2,1-3H3/t10-,11+,12+,14+,15+,17+/m1/s1. The zero-order chi connectivity index (χ0) is 15.0. The van der Waals surface area contributed by atoms with E-state index in [0.29, 0.717) is 6.61 Å². The maximum atomic E-state index is 11.8. The summed E-state index contributed by atoms with van der Waals surface area (Å²) in [5, 5.41) is 0. The van der Waals surface area contributed by atoms with Crippen LogP contribution >= 0.6 is 0 Å². The molecule has 4 nitrogen and oxygen atoms in total. The number of carbonyl (C=O) groups is 1. The molecule has 21 heavy (non-hydrogen) atoms. The highest BCUT2D eigenvalue weighted by molar-refractivity contribution is 5.73. The van der Waals surface area contributed by atoms with Crippen molar-refractivity contribution in [2.75, 3.05) is 0 Å². The largest absolute Gasteiger partial charge is 0.435 e. The molecule has 0 unspecified atom stereocenters. The molecule has 2 bridgehead atoms. The molecule has 0 amide bonds. The van der Waals surface area contributed by atoms with Gasteiger partial charge in [-0.1, -0.05) is 44.2 Å². The molecule has 0 N–H and O–H groups in total. The van der Waals surface area contributed by atoms with Crippen molar-refractivity contribution in [3.63, 3.8) is 0 Å². The Morgan fingerprint density at radius 1 is 1.10 bits per heavy atom. The predicted molar refractivity (Wildman–Crippen MR) is 77.3 cm³/mol. The molecular weight excluding hydrogens is 268 g/mol. The highest BCUT2D eigenvalue weighted by Gasteiger charge is 2.51. The summed E-state index contributed by atoms with van der Waals surface area (Å²) in [5.74, 6) is -0.178. The molecule has 2 aliphatic heterocycles. The summed E-state index contributed by atoms with van der Waals surface area (Å²) in [4.78, 5) is 11.8. The predicted octanol–water partition coefficient (Wildman–Crippen LogP) is 2.76. The van der Waals surface area contributed by atoms with Crippen molar-refractivity contribution in [1.29, 1.82) is 0 Å². The number of carbonyl (C=O) groups excluding carboxylic acids is 1. The molecule has 1 aromatic carbocycles. The molecule has 114 valence electrons. The fourth-order valence-corrected chi connectivity index (χ4v) is 3.36. The van der Waals surface area contributed by atoms with Gasteiger partial charge in [0.2, 0.25) is 6.29 Å². The lowest BCUT2D eigenvalue weighted by molar-refractivity contribution is -0.297. The number of rotatable bonds is 3. The van der Waals surface area contributed by atoms with Gasteiger partial charge in [-0.25, -0.2) is 0 Å². The molecule has 2 saturated heterocycles. The fourth-order valence-electron chi connectivity index (χ4n) is 3.36. The molecule has 0 spiro atoms. The van der Waals surface area contributed by atoms with Gasteiger partial charge >= 0.3 is 5.97 Å². The Morgan fingerprint density at radius 2 is 1.81 bits per heavy atom. The third-order valence-corrected chi connectivity index (χ3v) is 4.66. The number of hydrogen-bond acceptors (Lipinski definition) is 4. The summed E-state index contributed by atoms with van der Waals surface area (Å²) in [7, 11) is 0. The van der Waals surface area contributed by atoms with Crippen molar-refractivity contribution in [3.8, 4) is 0 Å². The molecule has 0 saturated carbocycles. The minimum atomic E-state index is -0.476. The van der Waals surface area contributed by atoms with Crippen LogP contribution in [0.25, 0.3) is 0 Å². The van der Waals surface area contributed by atoms with Gasteiger partial charge in [0.05, 0.1) is 24.7 Å². The van der Waals surface area contributed by atoms with E-state index in [2.05, 4.69) is 19.1 Å². The maximum Gasteiger partial charge on any atom is 0.313 e. The lowest BCUT2D eigenvalue weighted by Crippen LogP contribution is -2.58. The zero-order valence-electron chi connectivity index (χ0n) is 12.7. The van der Waals surface area contributed by atoms with Crippen molar-refractivity contribution in [1.82, 2.24) is 0 Å².